The quantitative estimate of drug-likeness (QED) is 0.438. The fraction of sp³-hybridized carbons (Fsp3) is 0.333. The van der Waals surface area contributed by atoms with Crippen molar-refractivity contribution in [2.24, 2.45) is 11.8 Å². The van der Waals surface area contributed by atoms with Crippen LogP contribution in [0.25, 0.3) is 0 Å². The van der Waals surface area contributed by atoms with Gasteiger partial charge in [-0.1, -0.05) is 24.7 Å². The zero-order valence-electron chi connectivity index (χ0n) is 20.7. The fourth-order valence-corrected chi connectivity index (χ4v) is 5.87. The van der Waals surface area contributed by atoms with Gasteiger partial charge in [0.2, 0.25) is 0 Å². The molecule has 0 saturated heterocycles. The molecule has 194 valence electrons. The van der Waals surface area contributed by atoms with Crippen molar-refractivity contribution in [2.75, 3.05) is 0 Å². The molecular weight excluding hydrogens is 484 g/mol. The molecule has 0 radical (unpaired) electrons. The second kappa shape index (κ2) is 11.2. The van der Waals surface area contributed by atoms with Gasteiger partial charge in [0.25, 0.3) is 11.8 Å². The summed E-state index contributed by atoms with van der Waals surface area (Å²) in [4.78, 5) is 49.8. The van der Waals surface area contributed by atoms with Crippen LogP contribution in [0.2, 0.25) is 0 Å². The summed E-state index contributed by atoms with van der Waals surface area (Å²) in [6.45, 7) is 0. The van der Waals surface area contributed by atoms with E-state index in [9.17, 15) is 29.4 Å². The van der Waals surface area contributed by atoms with Gasteiger partial charge in [-0.25, -0.2) is 9.59 Å². The van der Waals surface area contributed by atoms with Gasteiger partial charge in [-0.15, -0.1) is 12.8 Å². The van der Waals surface area contributed by atoms with Crippen molar-refractivity contribution in [3.8, 4) is 24.7 Å². The smallest absolute Gasteiger partial charge is 0.336 e. The molecule has 2 aromatic rings. The van der Waals surface area contributed by atoms with Crippen LogP contribution >= 0.6 is 0 Å². The van der Waals surface area contributed by atoms with Gasteiger partial charge in [0.05, 0.1) is 22.3 Å². The Morgan fingerprint density at radius 3 is 1.39 bits per heavy atom. The van der Waals surface area contributed by atoms with Crippen LogP contribution in [0.15, 0.2) is 36.4 Å². The maximum absolute atomic E-state index is 13.2. The lowest BCUT2D eigenvalue weighted by atomic mass is 9.66. The van der Waals surface area contributed by atoms with E-state index in [2.05, 4.69) is 22.5 Å². The highest BCUT2D eigenvalue weighted by molar-refractivity contribution is 6.06. The topological polar surface area (TPSA) is 133 Å². The van der Waals surface area contributed by atoms with Crippen LogP contribution in [0.4, 0.5) is 0 Å². The van der Waals surface area contributed by atoms with Gasteiger partial charge in [0, 0.05) is 23.2 Å². The van der Waals surface area contributed by atoms with Gasteiger partial charge in [-0.3, -0.25) is 9.59 Å². The zero-order chi connectivity index (χ0) is 27.4. The Morgan fingerprint density at radius 1 is 0.658 bits per heavy atom. The summed E-state index contributed by atoms with van der Waals surface area (Å²) in [6, 6.07) is 8.07. The highest BCUT2D eigenvalue weighted by Crippen LogP contribution is 2.41. The molecule has 2 aliphatic rings. The Balaban J connectivity index is 1.53. The summed E-state index contributed by atoms with van der Waals surface area (Å²) in [6.07, 6.45) is 15.7. The van der Waals surface area contributed by atoms with Gasteiger partial charge in [0.1, 0.15) is 0 Å². The van der Waals surface area contributed by atoms with Gasteiger partial charge in [-0.2, -0.15) is 0 Å². The van der Waals surface area contributed by atoms with E-state index < -0.39 is 23.8 Å². The van der Waals surface area contributed by atoms with E-state index in [1.165, 1.54) is 36.4 Å². The van der Waals surface area contributed by atoms with Crippen LogP contribution in [0.5, 0.6) is 0 Å². The number of hydrogen-bond donors (Lipinski definition) is 4. The number of fused-ring (bicyclic) bond motifs is 1. The minimum Gasteiger partial charge on any atom is -0.478 e. The number of nitrogens with one attached hydrogen (secondary N) is 2. The summed E-state index contributed by atoms with van der Waals surface area (Å²) >= 11 is 0. The number of terminal acetylenes is 2. The fourth-order valence-electron chi connectivity index (χ4n) is 5.87. The molecule has 4 atom stereocenters. The molecule has 0 aromatic heterocycles. The van der Waals surface area contributed by atoms with E-state index in [-0.39, 0.29) is 46.2 Å². The number of carboxylic acid groups (broad SMARTS) is 2. The minimum absolute atomic E-state index is 0.0188. The van der Waals surface area contributed by atoms with Crippen LogP contribution in [0.3, 0.4) is 0 Å². The van der Waals surface area contributed by atoms with Crippen molar-refractivity contribution in [1.29, 1.82) is 0 Å². The van der Waals surface area contributed by atoms with Crippen LogP contribution in [0.1, 0.15) is 91.1 Å². The van der Waals surface area contributed by atoms with E-state index in [4.69, 9.17) is 12.8 Å². The molecule has 2 fully saturated rings. The Bertz CT molecular complexity index is 1280. The highest BCUT2D eigenvalue weighted by atomic mass is 16.4. The molecule has 2 saturated carbocycles. The van der Waals surface area contributed by atoms with Crippen molar-refractivity contribution in [3.05, 3.63) is 69.8 Å². The van der Waals surface area contributed by atoms with Crippen LogP contribution < -0.4 is 10.6 Å². The molecule has 0 heterocycles. The maximum atomic E-state index is 13.2. The van der Waals surface area contributed by atoms with Gasteiger partial charge in [-0.05, 0) is 73.9 Å². The van der Waals surface area contributed by atoms with Crippen molar-refractivity contribution in [1.82, 2.24) is 10.6 Å². The van der Waals surface area contributed by atoms with Crippen LogP contribution in [0, 0.1) is 36.5 Å². The predicted octanol–water partition coefficient (Wildman–Crippen LogP) is 3.54. The van der Waals surface area contributed by atoms with E-state index in [1.54, 1.807) is 0 Å². The van der Waals surface area contributed by atoms with E-state index >= 15 is 0 Å². The highest BCUT2D eigenvalue weighted by Gasteiger charge is 2.41. The number of hydrogen-bond acceptors (Lipinski definition) is 4. The molecular formula is C30H28N2O6. The number of benzene rings is 2. The molecule has 8 nitrogen and oxygen atoms in total. The Labute approximate surface area is 220 Å². The lowest BCUT2D eigenvalue weighted by Gasteiger charge is -2.46. The van der Waals surface area contributed by atoms with Crippen molar-refractivity contribution < 1.29 is 29.4 Å². The third kappa shape index (κ3) is 5.40. The second-order valence-corrected chi connectivity index (χ2v) is 9.77. The average Bonchev–Trinajstić information content (AvgIpc) is 2.92. The van der Waals surface area contributed by atoms with E-state index in [1.807, 2.05) is 0 Å². The predicted molar refractivity (Wildman–Crippen MR) is 140 cm³/mol. The molecule has 0 bridgehead atoms. The van der Waals surface area contributed by atoms with Gasteiger partial charge in [0.15, 0.2) is 0 Å². The van der Waals surface area contributed by atoms with Gasteiger partial charge < -0.3 is 20.8 Å². The third-order valence-corrected chi connectivity index (χ3v) is 7.64. The summed E-state index contributed by atoms with van der Waals surface area (Å²) in [7, 11) is 0. The normalized spacial score (nSPS) is 22.2. The Hall–Kier alpha value is -4.56. The standard InChI is InChI=1S/C30H28N2O6/c1-3-17-11-13-21(29(35)36)23(15-17)27(33)31-25-9-5-8-20-19(25)7-6-10-26(20)32-28(34)24-16-18(4-2)12-14-22(24)30(37)38/h1-2,11-16,19-20,25-26H,5-10H2,(H,31,33)(H,32,34)(H,35,36)(H,37,38). The first-order chi connectivity index (χ1) is 18.2. The summed E-state index contributed by atoms with van der Waals surface area (Å²) in [5, 5.41) is 25.2. The van der Waals surface area contributed by atoms with Crippen molar-refractivity contribution in [2.45, 2.75) is 50.6 Å². The maximum Gasteiger partial charge on any atom is 0.336 e. The second-order valence-electron chi connectivity index (χ2n) is 9.77. The molecule has 4 rings (SSSR count). The third-order valence-electron chi connectivity index (χ3n) is 7.64. The number of carbonyl (C=O) groups excluding carboxylic acids is 2. The lowest BCUT2D eigenvalue weighted by molar-refractivity contribution is 0.0645. The average molecular weight is 513 g/mol. The SMILES string of the molecule is C#Cc1ccc(C(=O)O)c(C(=O)NC2CCCC3C(NC(=O)c4cc(C#C)ccc4C(=O)O)CCCC23)c1. The molecule has 0 spiro atoms. The van der Waals surface area contributed by atoms with Crippen LogP contribution in [-0.2, 0) is 0 Å². The molecule has 2 amide bonds. The molecule has 8 heteroatoms. The molecule has 4 N–H and O–H groups in total. The number of carboxylic acids is 2. The molecule has 2 aliphatic carbocycles. The molecule has 38 heavy (non-hydrogen) atoms. The number of rotatable bonds is 6. The molecule has 4 unspecified atom stereocenters. The van der Waals surface area contributed by atoms with Gasteiger partial charge >= 0.3 is 11.9 Å². The monoisotopic (exact) mass is 512 g/mol. The zero-order valence-corrected chi connectivity index (χ0v) is 20.7. The Morgan fingerprint density at radius 2 is 1.05 bits per heavy atom. The largest absolute Gasteiger partial charge is 0.478 e. The van der Waals surface area contributed by atoms with E-state index in [0.29, 0.717) is 11.1 Å². The summed E-state index contributed by atoms with van der Waals surface area (Å²) in [5.74, 6) is 1.61. The number of carbonyl (C=O) groups is 4. The summed E-state index contributed by atoms with van der Waals surface area (Å²) < 4.78 is 0. The Kier molecular flexibility index (Phi) is 7.83. The first-order valence-corrected chi connectivity index (χ1v) is 12.5. The van der Waals surface area contributed by atoms with Crippen LogP contribution in [-0.4, -0.2) is 46.0 Å². The first-order valence-electron chi connectivity index (χ1n) is 12.5. The number of aromatic carboxylic acids is 2. The lowest BCUT2D eigenvalue weighted by Crippen LogP contribution is -2.54. The summed E-state index contributed by atoms with van der Waals surface area (Å²) in [5.41, 5.74) is 0.626. The van der Waals surface area contributed by atoms with E-state index in [0.717, 1.165) is 38.5 Å². The van der Waals surface area contributed by atoms with Crippen molar-refractivity contribution >= 4 is 23.8 Å². The first kappa shape index (κ1) is 26.5. The minimum atomic E-state index is -1.21. The number of amides is 2. The van der Waals surface area contributed by atoms with Crippen molar-refractivity contribution in [3.63, 3.8) is 0 Å². The molecule has 0 aliphatic heterocycles. The molecule has 2 aromatic carbocycles.